The molecule has 4 aromatic rings. The molecule has 138 valence electrons. The third-order valence-corrected chi connectivity index (χ3v) is 5.61. The largest absolute Gasteiger partial charge is 0.369 e. The maximum Gasteiger partial charge on any atom is 0.179 e. The Labute approximate surface area is 158 Å². The molecule has 0 saturated carbocycles. The molecule has 27 heavy (non-hydrogen) atoms. The maximum atomic E-state index is 4.72. The number of imidazole rings is 2. The fourth-order valence-corrected chi connectivity index (χ4v) is 4.16. The molecule has 0 aromatic carbocycles. The van der Waals surface area contributed by atoms with Crippen molar-refractivity contribution in [3.8, 4) is 0 Å². The number of nitrogens with zero attached hydrogens (tertiary/aromatic N) is 5. The molecule has 6 nitrogen and oxygen atoms in total. The highest BCUT2D eigenvalue weighted by atomic mass is 15.2. The van der Waals surface area contributed by atoms with Crippen LogP contribution in [0.25, 0.3) is 16.8 Å². The van der Waals surface area contributed by atoms with E-state index in [-0.39, 0.29) is 0 Å². The Morgan fingerprint density at radius 1 is 1.22 bits per heavy atom. The first-order valence-corrected chi connectivity index (χ1v) is 9.71. The van der Waals surface area contributed by atoms with Gasteiger partial charge in [0.2, 0.25) is 0 Å². The summed E-state index contributed by atoms with van der Waals surface area (Å²) in [7, 11) is 0. The molecule has 0 bridgehead atoms. The average Bonchev–Trinajstić information content (AvgIpc) is 3.34. The van der Waals surface area contributed by atoms with Gasteiger partial charge in [-0.25, -0.2) is 15.0 Å². The number of nitrogens with one attached hydrogen (secondary N) is 1. The summed E-state index contributed by atoms with van der Waals surface area (Å²) in [6.07, 6.45) is 8.26. The van der Waals surface area contributed by atoms with Gasteiger partial charge in [0.1, 0.15) is 11.2 Å². The van der Waals surface area contributed by atoms with Gasteiger partial charge in [0, 0.05) is 42.8 Å². The Balaban J connectivity index is 1.53. The summed E-state index contributed by atoms with van der Waals surface area (Å²) in [5, 5.41) is 0. The van der Waals surface area contributed by atoms with Crippen LogP contribution >= 0.6 is 0 Å². The van der Waals surface area contributed by atoms with Crippen LogP contribution in [0.4, 0.5) is 5.69 Å². The molecular weight excluding hydrogens is 336 g/mol. The molecule has 1 atom stereocenters. The van der Waals surface area contributed by atoms with E-state index in [1.807, 2.05) is 12.3 Å². The first-order chi connectivity index (χ1) is 13.2. The van der Waals surface area contributed by atoms with E-state index in [1.165, 1.54) is 24.2 Å². The van der Waals surface area contributed by atoms with Crippen LogP contribution in [0.5, 0.6) is 0 Å². The van der Waals surface area contributed by atoms with Crippen molar-refractivity contribution in [2.24, 2.45) is 0 Å². The molecule has 0 aliphatic carbocycles. The van der Waals surface area contributed by atoms with Crippen molar-refractivity contribution < 1.29 is 0 Å². The fraction of sp³-hybridized carbons (Fsp3) is 0.381. The van der Waals surface area contributed by atoms with Crippen LogP contribution in [0, 0.1) is 0 Å². The van der Waals surface area contributed by atoms with E-state index in [1.54, 1.807) is 6.33 Å². The number of aromatic amines is 1. The lowest BCUT2D eigenvalue weighted by molar-refractivity contribution is 0.500. The minimum atomic E-state index is 0.379. The third kappa shape index (κ3) is 2.76. The predicted molar refractivity (Wildman–Crippen MR) is 107 cm³/mol. The Hall–Kier alpha value is -2.89. The monoisotopic (exact) mass is 360 g/mol. The summed E-state index contributed by atoms with van der Waals surface area (Å²) < 4.78 is 2.23. The summed E-state index contributed by atoms with van der Waals surface area (Å²) in [4.78, 5) is 19.5. The summed E-state index contributed by atoms with van der Waals surface area (Å²) in [5.74, 6) is 0.842. The second-order valence-electron chi connectivity index (χ2n) is 7.72. The number of hydrogen-bond acceptors (Lipinski definition) is 4. The Morgan fingerprint density at radius 3 is 3.04 bits per heavy atom. The van der Waals surface area contributed by atoms with Crippen molar-refractivity contribution in [1.29, 1.82) is 0 Å². The zero-order chi connectivity index (χ0) is 18.4. The van der Waals surface area contributed by atoms with Crippen LogP contribution < -0.4 is 4.90 Å². The van der Waals surface area contributed by atoms with Crippen molar-refractivity contribution >= 4 is 22.5 Å². The molecule has 5 heterocycles. The molecule has 1 aliphatic heterocycles. The Morgan fingerprint density at radius 2 is 2.15 bits per heavy atom. The highest BCUT2D eigenvalue weighted by Gasteiger charge is 2.26. The number of hydrogen-bond donors (Lipinski definition) is 1. The molecular formula is C21H24N6. The molecule has 5 rings (SSSR count). The van der Waals surface area contributed by atoms with Crippen LogP contribution in [0.2, 0.25) is 0 Å². The standard InChI is InChI=1S/C21H24N6/c1-14(2)16-10-17(20-21(25-16)24-13-23-20)26-8-5-6-15(12-26)18-11-22-19-7-3-4-9-27(18)19/h3-4,7,9-11,13-15H,5-6,8,12H2,1-2H3,(H,23,24,25). The molecule has 1 saturated heterocycles. The number of aromatic nitrogens is 5. The molecule has 0 spiro atoms. The van der Waals surface area contributed by atoms with E-state index in [0.717, 1.165) is 35.6 Å². The number of fused-ring (bicyclic) bond motifs is 2. The van der Waals surface area contributed by atoms with Crippen molar-refractivity contribution in [2.45, 2.75) is 38.5 Å². The lowest BCUT2D eigenvalue weighted by atomic mass is 9.94. The Bertz CT molecular complexity index is 1090. The van der Waals surface area contributed by atoms with Crippen molar-refractivity contribution in [2.75, 3.05) is 18.0 Å². The van der Waals surface area contributed by atoms with Crippen molar-refractivity contribution in [3.05, 3.63) is 54.4 Å². The first-order valence-electron chi connectivity index (χ1n) is 9.71. The van der Waals surface area contributed by atoms with E-state index >= 15 is 0 Å². The number of rotatable bonds is 3. The van der Waals surface area contributed by atoms with E-state index in [2.05, 4.69) is 62.5 Å². The van der Waals surface area contributed by atoms with Gasteiger partial charge in [-0.3, -0.25) is 0 Å². The summed E-state index contributed by atoms with van der Waals surface area (Å²) in [6, 6.07) is 8.42. The van der Waals surface area contributed by atoms with Gasteiger partial charge in [-0.15, -0.1) is 0 Å². The molecule has 6 heteroatoms. The van der Waals surface area contributed by atoms with E-state index in [4.69, 9.17) is 4.98 Å². The van der Waals surface area contributed by atoms with Crippen LogP contribution in [0.1, 0.15) is 49.9 Å². The van der Waals surface area contributed by atoms with Gasteiger partial charge >= 0.3 is 0 Å². The predicted octanol–water partition coefficient (Wildman–Crippen LogP) is 4.11. The summed E-state index contributed by atoms with van der Waals surface area (Å²) in [6.45, 7) is 6.41. The highest BCUT2D eigenvalue weighted by Crippen LogP contribution is 2.34. The molecule has 1 aliphatic rings. The number of H-pyrrole nitrogens is 1. The zero-order valence-corrected chi connectivity index (χ0v) is 15.8. The van der Waals surface area contributed by atoms with E-state index in [9.17, 15) is 0 Å². The smallest absolute Gasteiger partial charge is 0.179 e. The van der Waals surface area contributed by atoms with Gasteiger partial charge in [-0.2, -0.15) is 0 Å². The summed E-state index contributed by atoms with van der Waals surface area (Å²) in [5.41, 5.74) is 6.49. The normalized spacial score (nSPS) is 18.0. The number of piperidine rings is 1. The first kappa shape index (κ1) is 16.3. The van der Waals surface area contributed by atoms with Gasteiger partial charge in [-0.05, 0) is 37.0 Å². The summed E-state index contributed by atoms with van der Waals surface area (Å²) >= 11 is 0. The van der Waals surface area contributed by atoms with Crippen LogP contribution in [0.15, 0.2) is 43.0 Å². The van der Waals surface area contributed by atoms with Gasteiger partial charge < -0.3 is 14.3 Å². The van der Waals surface area contributed by atoms with Crippen molar-refractivity contribution in [3.63, 3.8) is 0 Å². The fourth-order valence-electron chi connectivity index (χ4n) is 4.16. The highest BCUT2D eigenvalue weighted by molar-refractivity contribution is 5.86. The van der Waals surface area contributed by atoms with E-state index < -0.39 is 0 Å². The molecule has 0 amide bonds. The van der Waals surface area contributed by atoms with Gasteiger partial charge in [0.25, 0.3) is 0 Å². The SMILES string of the molecule is CC(C)c1cc(N2CCCC(c3cnc4ccccn34)C2)c2[nH]cnc2n1. The number of anilines is 1. The van der Waals surface area contributed by atoms with Crippen molar-refractivity contribution in [1.82, 2.24) is 24.3 Å². The lowest BCUT2D eigenvalue weighted by Crippen LogP contribution is -2.35. The second kappa shape index (κ2) is 6.37. The molecule has 1 N–H and O–H groups in total. The maximum absolute atomic E-state index is 4.72. The molecule has 1 fully saturated rings. The third-order valence-electron chi connectivity index (χ3n) is 5.61. The molecule has 0 radical (unpaired) electrons. The number of pyridine rings is 2. The van der Waals surface area contributed by atoms with Crippen LogP contribution in [-0.2, 0) is 0 Å². The van der Waals surface area contributed by atoms with Gasteiger partial charge in [0.15, 0.2) is 5.65 Å². The Kier molecular flexibility index (Phi) is 3.85. The zero-order valence-electron chi connectivity index (χ0n) is 15.8. The van der Waals surface area contributed by atoms with E-state index in [0.29, 0.717) is 11.8 Å². The molecule has 4 aromatic heterocycles. The topological polar surface area (TPSA) is 62.1 Å². The minimum absolute atomic E-state index is 0.379. The minimum Gasteiger partial charge on any atom is -0.369 e. The average molecular weight is 360 g/mol. The van der Waals surface area contributed by atoms with Crippen LogP contribution in [-0.4, -0.2) is 37.4 Å². The second-order valence-corrected chi connectivity index (χ2v) is 7.72. The lowest BCUT2D eigenvalue weighted by Gasteiger charge is -2.34. The van der Waals surface area contributed by atoms with Gasteiger partial charge in [0.05, 0.1) is 12.0 Å². The molecule has 1 unspecified atom stereocenters. The van der Waals surface area contributed by atoms with Gasteiger partial charge in [-0.1, -0.05) is 19.9 Å². The quantitative estimate of drug-likeness (QED) is 0.597. The van der Waals surface area contributed by atoms with Crippen LogP contribution in [0.3, 0.4) is 0 Å².